The lowest BCUT2D eigenvalue weighted by Crippen LogP contribution is -2.41. The minimum absolute atomic E-state index is 0.142. The number of rotatable bonds is 3. The van der Waals surface area contributed by atoms with E-state index in [1.54, 1.807) is 7.11 Å². The predicted octanol–water partition coefficient (Wildman–Crippen LogP) is 1.01. The summed E-state index contributed by atoms with van der Waals surface area (Å²) in [5.41, 5.74) is 6.65. The molecular weight excluding hydrogens is 216 g/mol. The molecule has 4 heteroatoms. The van der Waals surface area contributed by atoms with Gasteiger partial charge >= 0.3 is 0 Å². The third kappa shape index (κ3) is 1.44. The highest BCUT2D eigenvalue weighted by atomic mass is 16.5. The van der Waals surface area contributed by atoms with Crippen LogP contribution in [0, 0.1) is 11.8 Å². The van der Waals surface area contributed by atoms with Crippen LogP contribution < -0.4 is 15.4 Å². The zero-order valence-corrected chi connectivity index (χ0v) is 9.80. The first-order chi connectivity index (χ1) is 8.27. The standard InChI is InChI=1S/C13H16N2O2/c1-17-12-5-3-2-4-10(12)15-11(7-14)8-6-9(8)13(15)16/h2-5,8-9,11H,6-7,14H2,1H3. The van der Waals surface area contributed by atoms with E-state index in [0.29, 0.717) is 12.5 Å². The second-order valence-corrected chi connectivity index (χ2v) is 4.69. The van der Waals surface area contributed by atoms with Crippen LogP contribution in [0.2, 0.25) is 0 Å². The lowest BCUT2D eigenvalue weighted by molar-refractivity contribution is -0.118. The number of fused-ring (bicyclic) bond motifs is 1. The first-order valence-electron chi connectivity index (χ1n) is 5.94. The van der Waals surface area contributed by atoms with Crippen molar-refractivity contribution >= 4 is 11.6 Å². The molecule has 3 atom stereocenters. The molecule has 1 saturated carbocycles. The number of para-hydroxylation sites is 2. The summed E-state index contributed by atoms with van der Waals surface area (Å²) in [6, 6.07) is 7.76. The third-order valence-corrected chi connectivity index (χ3v) is 3.81. The number of ether oxygens (including phenoxy) is 1. The van der Waals surface area contributed by atoms with Crippen LogP contribution in [0.4, 0.5) is 5.69 Å². The minimum atomic E-state index is 0.142. The smallest absolute Gasteiger partial charge is 0.230 e. The SMILES string of the molecule is COc1ccccc1N1C(=O)C2CC2C1CN. The molecule has 1 saturated heterocycles. The number of carbonyl (C=O) groups is 1. The fourth-order valence-corrected chi connectivity index (χ4v) is 2.86. The second kappa shape index (κ2) is 3.74. The number of nitrogens with zero attached hydrogens (tertiary/aromatic N) is 1. The van der Waals surface area contributed by atoms with Gasteiger partial charge in [0.25, 0.3) is 0 Å². The quantitative estimate of drug-likeness (QED) is 0.846. The molecule has 2 aliphatic rings. The Labute approximate surface area is 100 Å². The van der Waals surface area contributed by atoms with Crippen LogP contribution in [-0.2, 0) is 4.79 Å². The summed E-state index contributed by atoms with van der Waals surface area (Å²) in [6.07, 6.45) is 1.01. The monoisotopic (exact) mass is 232 g/mol. The molecule has 0 bridgehead atoms. The van der Waals surface area contributed by atoms with Crippen LogP contribution in [0.5, 0.6) is 5.75 Å². The molecule has 90 valence electrons. The van der Waals surface area contributed by atoms with Crippen molar-refractivity contribution in [2.45, 2.75) is 12.5 Å². The number of carbonyl (C=O) groups excluding carboxylic acids is 1. The van der Waals surface area contributed by atoms with E-state index >= 15 is 0 Å². The Kier molecular flexibility index (Phi) is 2.33. The lowest BCUT2D eigenvalue weighted by Gasteiger charge is -2.27. The molecule has 17 heavy (non-hydrogen) atoms. The summed E-state index contributed by atoms with van der Waals surface area (Å²) < 4.78 is 5.31. The van der Waals surface area contributed by atoms with Crippen LogP contribution >= 0.6 is 0 Å². The summed E-state index contributed by atoms with van der Waals surface area (Å²) in [7, 11) is 1.62. The normalized spacial score (nSPS) is 30.4. The van der Waals surface area contributed by atoms with Gasteiger partial charge < -0.3 is 15.4 Å². The van der Waals surface area contributed by atoms with Gasteiger partial charge in [-0.3, -0.25) is 4.79 Å². The fraction of sp³-hybridized carbons (Fsp3) is 0.462. The number of anilines is 1. The molecule has 1 heterocycles. The Morgan fingerprint density at radius 1 is 1.47 bits per heavy atom. The number of piperidine rings is 1. The van der Waals surface area contributed by atoms with Crippen molar-refractivity contribution in [3.63, 3.8) is 0 Å². The van der Waals surface area contributed by atoms with Gasteiger partial charge in [0.15, 0.2) is 0 Å². The van der Waals surface area contributed by atoms with Crippen LogP contribution in [0.1, 0.15) is 6.42 Å². The first-order valence-corrected chi connectivity index (χ1v) is 5.94. The van der Waals surface area contributed by atoms with Crippen molar-refractivity contribution in [2.75, 3.05) is 18.6 Å². The molecule has 2 N–H and O–H groups in total. The second-order valence-electron chi connectivity index (χ2n) is 4.69. The molecule has 2 fully saturated rings. The number of hydrogen-bond acceptors (Lipinski definition) is 3. The molecule has 1 aliphatic carbocycles. The number of nitrogens with two attached hydrogens (primary N) is 1. The molecule has 1 aromatic rings. The van der Waals surface area contributed by atoms with Crippen molar-refractivity contribution in [1.29, 1.82) is 0 Å². The Morgan fingerprint density at radius 3 is 2.94 bits per heavy atom. The van der Waals surface area contributed by atoms with Gasteiger partial charge in [-0.2, -0.15) is 0 Å². The number of benzene rings is 1. The van der Waals surface area contributed by atoms with Gasteiger partial charge in [0.05, 0.1) is 18.8 Å². The van der Waals surface area contributed by atoms with Crippen molar-refractivity contribution in [3.8, 4) is 5.75 Å². The summed E-state index contributed by atoms with van der Waals surface area (Å²) in [5.74, 6) is 1.60. The van der Waals surface area contributed by atoms with E-state index in [4.69, 9.17) is 10.5 Å². The largest absolute Gasteiger partial charge is 0.495 e. The van der Waals surface area contributed by atoms with Crippen LogP contribution in [-0.4, -0.2) is 25.6 Å². The molecule has 0 radical (unpaired) electrons. The van der Waals surface area contributed by atoms with Gasteiger partial charge in [-0.05, 0) is 24.5 Å². The van der Waals surface area contributed by atoms with Crippen LogP contribution in [0.15, 0.2) is 24.3 Å². The van der Waals surface area contributed by atoms with Gasteiger partial charge in [0.2, 0.25) is 5.91 Å². The fourth-order valence-electron chi connectivity index (χ4n) is 2.86. The summed E-state index contributed by atoms with van der Waals surface area (Å²) >= 11 is 0. The van der Waals surface area contributed by atoms with E-state index < -0.39 is 0 Å². The Balaban J connectivity index is 2.00. The van der Waals surface area contributed by atoms with E-state index in [0.717, 1.165) is 17.9 Å². The maximum atomic E-state index is 12.2. The molecule has 1 aliphatic heterocycles. The van der Waals surface area contributed by atoms with E-state index in [2.05, 4.69) is 0 Å². The van der Waals surface area contributed by atoms with Gasteiger partial charge in [-0.15, -0.1) is 0 Å². The van der Waals surface area contributed by atoms with Crippen molar-refractivity contribution in [1.82, 2.24) is 0 Å². The average Bonchev–Trinajstić information content (AvgIpc) is 3.10. The third-order valence-electron chi connectivity index (χ3n) is 3.81. The average molecular weight is 232 g/mol. The Morgan fingerprint density at radius 2 is 2.24 bits per heavy atom. The number of methoxy groups -OCH3 is 1. The van der Waals surface area contributed by atoms with E-state index in [1.165, 1.54) is 0 Å². The molecule has 0 spiro atoms. The maximum absolute atomic E-state index is 12.2. The van der Waals surface area contributed by atoms with Crippen molar-refractivity contribution in [2.24, 2.45) is 17.6 Å². The van der Waals surface area contributed by atoms with Crippen LogP contribution in [0.25, 0.3) is 0 Å². The zero-order chi connectivity index (χ0) is 12.0. The zero-order valence-electron chi connectivity index (χ0n) is 9.80. The van der Waals surface area contributed by atoms with Crippen LogP contribution in [0.3, 0.4) is 0 Å². The molecule has 1 amide bonds. The number of hydrogen-bond donors (Lipinski definition) is 1. The predicted molar refractivity (Wildman–Crippen MR) is 64.9 cm³/mol. The highest BCUT2D eigenvalue weighted by Crippen LogP contribution is 2.52. The molecule has 1 aromatic carbocycles. The molecule has 0 aromatic heterocycles. The molecule has 3 unspecified atom stereocenters. The minimum Gasteiger partial charge on any atom is -0.495 e. The van der Waals surface area contributed by atoms with Gasteiger partial charge in [0.1, 0.15) is 5.75 Å². The number of amides is 1. The summed E-state index contributed by atoms with van der Waals surface area (Å²) in [6.45, 7) is 0.519. The Hall–Kier alpha value is -1.55. The van der Waals surface area contributed by atoms with E-state index in [-0.39, 0.29) is 17.9 Å². The summed E-state index contributed by atoms with van der Waals surface area (Å²) in [4.78, 5) is 14.0. The maximum Gasteiger partial charge on any atom is 0.230 e. The van der Waals surface area contributed by atoms with Crippen molar-refractivity contribution < 1.29 is 9.53 Å². The lowest BCUT2D eigenvalue weighted by atomic mass is 10.1. The van der Waals surface area contributed by atoms with E-state index in [1.807, 2.05) is 29.2 Å². The van der Waals surface area contributed by atoms with Crippen molar-refractivity contribution in [3.05, 3.63) is 24.3 Å². The van der Waals surface area contributed by atoms with Gasteiger partial charge in [0, 0.05) is 12.5 Å². The first kappa shape index (κ1) is 10.6. The van der Waals surface area contributed by atoms with Gasteiger partial charge in [-0.1, -0.05) is 12.1 Å². The molecule has 4 nitrogen and oxygen atoms in total. The highest BCUT2D eigenvalue weighted by molar-refractivity contribution is 6.02. The van der Waals surface area contributed by atoms with E-state index in [9.17, 15) is 4.79 Å². The van der Waals surface area contributed by atoms with Gasteiger partial charge in [-0.25, -0.2) is 0 Å². The molecular formula is C13H16N2O2. The summed E-state index contributed by atoms with van der Waals surface area (Å²) in [5, 5.41) is 0. The molecule has 3 rings (SSSR count). The topological polar surface area (TPSA) is 55.6 Å². The Bertz CT molecular complexity index is 460. The highest BCUT2D eigenvalue weighted by Gasteiger charge is 2.58.